The first-order valence-electron chi connectivity index (χ1n) is 26.6. The molecule has 1 fully saturated rings. The van der Waals surface area contributed by atoms with Crippen LogP contribution in [-0.2, 0) is 49.6 Å². The minimum absolute atomic E-state index is 0.00972. The third-order valence-corrected chi connectivity index (χ3v) is 12.5. The van der Waals surface area contributed by atoms with Gasteiger partial charge in [-0.2, -0.15) is 0 Å². The number of hydrogen-bond donors (Lipinski definition) is 17. The number of rotatable bonds is 36. The van der Waals surface area contributed by atoms with Crippen molar-refractivity contribution in [3.63, 3.8) is 0 Å². The Labute approximate surface area is 465 Å². The molecular weight excluding hydrogens is 1040 g/mol. The summed E-state index contributed by atoms with van der Waals surface area (Å²) < 4.78 is 0. The molecule has 2 rings (SSSR count). The molecule has 448 valence electrons. The molecule has 30 nitrogen and oxygen atoms in total. The van der Waals surface area contributed by atoms with E-state index in [1.807, 2.05) is 0 Å². The topological polar surface area (TPSA) is 521 Å². The number of aliphatic imine (C=N–C) groups is 3. The summed E-state index contributed by atoms with van der Waals surface area (Å²) in [6, 6.07) is -3.60. The quantitative estimate of drug-likeness (QED) is 0.0169. The van der Waals surface area contributed by atoms with Crippen LogP contribution in [0.1, 0.15) is 97.5 Å². The van der Waals surface area contributed by atoms with Crippen LogP contribution in [0.4, 0.5) is 0 Å². The number of amides is 8. The van der Waals surface area contributed by atoms with Gasteiger partial charge in [-0.3, -0.25) is 53.3 Å². The molecule has 0 aromatic heterocycles. The average molecular weight is 1130 g/mol. The summed E-state index contributed by atoms with van der Waals surface area (Å²) in [5.74, 6) is -9.12. The fraction of sp³-hybridized carbons (Fsp3) is 0.640. The number of nitrogens with two attached hydrogens (primary N) is 7. The zero-order valence-electron chi connectivity index (χ0n) is 46.1. The second-order valence-electron chi connectivity index (χ2n) is 20.2. The number of aliphatic hydroxyl groups is 2. The maximum absolute atomic E-state index is 14.3. The molecule has 0 radical (unpaired) electrons. The van der Waals surface area contributed by atoms with E-state index in [0.29, 0.717) is 18.4 Å². The number of guanidine groups is 3. The number of benzene rings is 1. The first-order valence-corrected chi connectivity index (χ1v) is 26.6. The Bertz CT molecular complexity index is 2290. The normalized spacial score (nSPS) is 16.0. The highest BCUT2D eigenvalue weighted by Gasteiger charge is 2.40. The number of carbonyl (C=O) groups is 9. The van der Waals surface area contributed by atoms with E-state index in [4.69, 9.17) is 40.1 Å². The molecule has 24 N–H and O–H groups in total. The van der Waals surface area contributed by atoms with Crippen LogP contribution in [0.15, 0.2) is 45.3 Å². The predicted molar refractivity (Wildman–Crippen MR) is 297 cm³/mol. The fourth-order valence-electron chi connectivity index (χ4n) is 8.44. The molecule has 1 aliphatic rings. The summed E-state index contributed by atoms with van der Waals surface area (Å²) in [5, 5.41) is 48.4. The Morgan fingerprint density at radius 2 is 0.950 bits per heavy atom. The molecule has 8 amide bonds. The summed E-state index contributed by atoms with van der Waals surface area (Å²) in [5.41, 5.74) is 39.3. The molecule has 0 bridgehead atoms. The Morgan fingerprint density at radius 1 is 0.550 bits per heavy atom. The third kappa shape index (κ3) is 25.3. The minimum Gasteiger partial charge on any atom is -0.480 e. The van der Waals surface area contributed by atoms with Crippen LogP contribution in [-0.4, -0.2) is 185 Å². The van der Waals surface area contributed by atoms with E-state index in [-0.39, 0.29) is 114 Å². The van der Waals surface area contributed by atoms with Gasteiger partial charge in [0, 0.05) is 32.6 Å². The number of aliphatic carboxylic acids is 1. The smallest absolute Gasteiger partial charge is 0.326 e. The van der Waals surface area contributed by atoms with Crippen LogP contribution in [0.5, 0.6) is 0 Å². The summed E-state index contributed by atoms with van der Waals surface area (Å²) in [4.78, 5) is 136. The number of likely N-dealkylation sites (tertiary alicyclic amines) is 1. The van der Waals surface area contributed by atoms with Crippen LogP contribution in [0.2, 0.25) is 0 Å². The van der Waals surface area contributed by atoms with Gasteiger partial charge in [-0.1, -0.05) is 58.0 Å². The first kappa shape index (κ1) is 68.2. The highest BCUT2D eigenvalue weighted by Crippen LogP contribution is 2.20. The van der Waals surface area contributed by atoms with Crippen molar-refractivity contribution in [1.29, 1.82) is 0 Å². The molecule has 0 aliphatic carbocycles. The lowest BCUT2D eigenvalue weighted by atomic mass is 10.00. The van der Waals surface area contributed by atoms with Gasteiger partial charge in [0.2, 0.25) is 47.3 Å². The molecule has 1 aliphatic heterocycles. The van der Waals surface area contributed by atoms with Gasteiger partial charge in [0.1, 0.15) is 48.3 Å². The Morgan fingerprint density at radius 3 is 1.38 bits per heavy atom. The second-order valence-corrected chi connectivity index (χ2v) is 20.2. The molecule has 9 unspecified atom stereocenters. The van der Waals surface area contributed by atoms with E-state index in [1.54, 1.807) is 58.0 Å². The summed E-state index contributed by atoms with van der Waals surface area (Å²) in [7, 11) is 0. The average Bonchev–Trinajstić information content (AvgIpc) is 3.90. The van der Waals surface area contributed by atoms with Gasteiger partial charge in [-0.05, 0) is 81.6 Å². The minimum atomic E-state index is -1.65. The lowest BCUT2D eigenvalue weighted by Gasteiger charge is -2.30. The van der Waals surface area contributed by atoms with E-state index in [1.165, 1.54) is 0 Å². The molecule has 9 atom stereocenters. The van der Waals surface area contributed by atoms with Crippen molar-refractivity contribution in [2.45, 2.75) is 153 Å². The number of carboxylic acids is 1. The zero-order valence-corrected chi connectivity index (χ0v) is 46.1. The SMILES string of the molecule is CC(C)CC(NC(=O)C(CCCN=C(N)N)NC(=O)C(CC(C)C)NC(=O)C(CO)NC(=O)C1CCCN1C(=O)C(CO)NC(=O)C(N)CCCN=C(N)N)C(=O)NC(CCCN=C(N)N)C(=O)NC(Cc1ccccc1)C(=O)O. The molecule has 1 heterocycles. The number of hydrogen-bond acceptors (Lipinski definition) is 15. The summed E-state index contributed by atoms with van der Waals surface area (Å²) in [6.45, 7) is 5.62. The van der Waals surface area contributed by atoms with E-state index in [2.05, 4.69) is 52.2 Å². The summed E-state index contributed by atoms with van der Waals surface area (Å²) >= 11 is 0. The Balaban J connectivity index is 2.34. The molecule has 1 aromatic carbocycles. The Kier molecular flexibility index (Phi) is 30.4. The van der Waals surface area contributed by atoms with Crippen LogP contribution in [0, 0.1) is 11.8 Å². The molecule has 0 spiro atoms. The van der Waals surface area contributed by atoms with E-state index >= 15 is 0 Å². The highest BCUT2D eigenvalue weighted by atomic mass is 16.4. The highest BCUT2D eigenvalue weighted by molar-refractivity contribution is 5.98. The standard InChI is InChI=1S/C50H86N18O12/c1-27(2)22-33(42(74)62-32(16-10-20-60-50(56)57)41(73)65-35(47(79)80)24-29-12-6-5-7-13-29)63-40(72)31(15-9-19-59-49(54)55)61-43(75)34(23-28(3)4)64-44(76)36(25-69)66-45(77)38-17-11-21-68(38)46(78)37(26-70)67-39(71)30(51)14-8-18-58-48(52)53/h5-7,12-13,27-28,30-38,69-70H,8-11,14-26,51H2,1-4H3,(H,61,75)(H,62,74)(H,63,72)(H,64,76)(H,65,73)(H,66,77)(H,67,71)(H,79,80)(H4,52,53,58)(H4,54,55,59)(H4,56,57,60). The van der Waals surface area contributed by atoms with Crippen molar-refractivity contribution in [3.05, 3.63) is 35.9 Å². The largest absolute Gasteiger partial charge is 0.480 e. The monoisotopic (exact) mass is 1130 g/mol. The molecular formula is C50H86N18O12. The van der Waals surface area contributed by atoms with Gasteiger partial charge in [-0.15, -0.1) is 0 Å². The fourth-order valence-corrected chi connectivity index (χ4v) is 8.44. The lowest BCUT2D eigenvalue weighted by molar-refractivity contribution is -0.143. The number of carbonyl (C=O) groups excluding carboxylic acids is 8. The van der Waals surface area contributed by atoms with Gasteiger partial charge in [-0.25, -0.2) is 4.79 Å². The number of nitrogens with one attached hydrogen (secondary N) is 7. The van der Waals surface area contributed by atoms with Crippen LogP contribution in [0.3, 0.4) is 0 Å². The van der Waals surface area contributed by atoms with E-state index in [9.17, 15) is 58.5 Å². The van der Waals surface area contributed by atoms with Crippen LogP contribution >= 0.6 is 0 Å². The molecule has 1 aromatic rings. The summed E-state index contributed by atoms with van der Waals surface area (Å²) in [6.07, 6.45) is 1.06. The molecule has 1 saturated heterocycles. The van der Waals surface area contributed by atoms with Gasteiger partial charge in [0.15, 0.2) is 17.9 Å². The van der Waals surface area contributed by atoms with E-state index < -0.39 is 121 Å². The van der Waals surface area contributed by atoms with Crippen molar-refractivity contribution in [2.24, 2.45) is 66.9 Å². The predicted octanol–water partition coefficient (Wildman–Crippen LogP) is -5.74. The Hall–Kier alpha value is -7.86. The van der Waals surface area contributed by atoms with Gasteiger partial charge >= 0.3 is 5.97 Å². The lowest BCUT2D eigenvalue weighted by Crippen LogP contribution is -2.61. The van der Waals surface area contributed by atoms with Crippen LogP contribution < -0.4 is 77.4 Å². The van der Waals surface area contributed by atoms with Crippen molar-refractivity contribution in [3.8, 4) is 0 Å². The second kappa shape index (κ2) is 35.6. The number of nitrogens with zero attached hydrogens (tertiary/aromatic N) is 4. The van der Waals surface area contributed by atoms with Crippen molar-refractivity contribution in [2.75, 3.05) is 39.4 Å². The van der Waals surface area contributed by atoms with Crippen molar-refractivity contribution in [1.82, 2.24) is 42.1 Å². The van der Waals surface area contributed by atoms with Gasteiger partial charge in [0.25, 0.3) is 0 Å². The van der Waals surface area contributed by atoms with E-state index in [0.717, 1.165) is 4.90 Å². The maximum atomic E-state index is 14.3. The molecule has 80 heavy (non-hydrogen) atoms. The molecule has 30 heteroatoms. The molecule has 0 saturated carbocycles. The number of carboxylic acid groups (broad SMARTS) is 1. The number of aliphatic hydroxyl groups excluding tert-OH is 2. The third-order valence-electron chi connectivity index (χ3n) is 12.5. The van der Waals surface area contributed by atoms with Gasteiger partial charge in [0.05, 0.1) is 19.3 Å². The first-order chi connectivity index (χ1) is 37.8. The zero-order chi connectivity index (χ0) is 60.1. The maximum Gasteiger partial charge on any atom is 0.326 e. The van der Waals surface area contributed by atoms with Crippen molar-refractivity contribution >= 4 is 71.1 Å². The van der Waals surface area contributed by atoms with Crippen LogP contribution in [0.25, 0.3) is 0 Å². The van der Waals surface area contributed by atoms with Gasteiger partial charge < -0.3 is 97.6 Å². The van der Waals surface area contributed by atoms with Crippen molar-refractivity contribution < 1.29 is 58.5 Å².